The van der Waals surface area contributed by atoms with E-state index in [2.05, 4.69) is 22.4 Å². The Bertz CT molecular complexity index is 318. The normalized spacial score (nSPS) is 17.5. The summed E-state index contributed by atoms with van der Waals surface area (Å²) in [6.45, 7) is 6.22. The lowest BCUT2D eigenvalue weighted by Crippen LogP contribution is -2.28. The van der Waals surface area contributed by atoms with E-state index in [0.29, 0.717) is 0 Å². The topological polar surface area (TPSA) is 49.9 Å². The van der Waals surface area contributed by atoms with Crippen molar-refractivity contribution in [2.24, 2.45) is 5.92 Å². The number of H-pyrrole nitrogens is 1. The van der Waals surface area contributed by atoms with Crippen LogP contribution in [0.3, 0.4) is 0 Å². The number of aryl methyl sites for hydroxylation is 2. The number of nitrogens with zero attached hydrogens (tertiary/aromatic N) is 1. The summed E-state index contributed by atoms with van der Waals surface area (Å²) in [5, 5.41) is 10.6. The average Bonchev–Trinajstić information content (AvgIpc) is 2.76. The van der Waals surface area contributed by atoms with Gasteiger partial charge in [0.05, 0.1) is 6.20 Å². The Morgan fingerprint density at radius 3 is 3.00 bits per heavy atom. The van der Waals surface area contributed by atoms with Crippen molar-refractivity contribution in [3.05, 3.63) is 17.5 Å². The highest BCUT2D eigenvalue weighted by molar-refractivity contribution is 5.14. The molecule has 0 unspecified atom stereocenters. The van der Waals surface area contributed by atoms with Gasteiger partial charge < -0.3 is 10.1 Å². The Morgan fingerprint density at radius 1 is 1.47 bits per heavy atom. The van der Waals surface area contributed by atoms with Gasteiger partial charge in [-0.3, -0.25) is 5.10 Å². The number of rotatable bonds is 6. The van der Waals surface area contributed by atoms with Crippen LogP contribution in [0.5, 0.6) is 0 Å². The van der Waals surface area contributed by atoms with Gasteiger partial charge in [-0.2, -0.15) is 5.10 Å². The minimum atomic E-state index is 0.819. The molecule has 1 aliphatic rings. The summed E-state index contributed by atoms with van der Waals surface area (Å²) in [5.74, 6) is 0.819. The van der Waals surface area contributed by atoms with Gasteiger partial charge in [-0.25, -0.2) is 0 Å². The second-order valence-electron chi connectivity index (χ2n) is 4.88. The zero-order chi connectivity index (χ0) is 11.9. The number of aromatic nitrogens is 2. The van der Waals surface area contributed by atoms with Gasteiger partial charge in [-0.1, -0.05) is 0 Å². The van der Waals surface area contributed by atoms with E-state index in [1.54, 1.807) is 0 Å². The van der Waals surface area contributed by atoms with E-state index in [-0.39, 0.29) is 0 Å². The number of ether oxygens (including phenoxy) is 1. The molecule has 4 nitrogen and oxygen atoms in total. The third-order valence-corrected chi connectivity index (χ3v) is 3.51. The summed E-state index contributed by atoms with van der Waals surface area (Å²) in [5.41, 5.74) is 2.55. The van der Waals surface area contributed by atoms with Gasteiger partial charge >= 0.3 is 0 Å². The van der Waals surface area contributed by atoms with Crippen LogP contribution in [0.15, 0.2) is 6.20 Å². The second-order valence-corrected chi connectivity index (χ2v) is 4.88. The van der Waals surface area contributed by atoms with E-state index in [9.17, 15) is 0 Å². The minimum Gasteiger partial charge on any atom is -0.381 e. The molecule has 0 saturated carbocycles. The van der Waals surface area contributed by atoms with Crippen LogP contribution in [0.4, 0.5) is 0 Å². The molecule has 17 heavy (non-hydrogen) atoms. The summed E-state index contributed by atoms with van der Waals surface area (Å²) >= 11 is 0. The van der Waals surface area contributed by atoms with Crippen LogP contribution in [0.25, 0.3) is 0 Å². The lowest BCUT2D eigenvalue weighted by Gasteiger charge is -2.22. The minimum absolute atomic E-state index is 0.819. The molecule has 0 aromatic carbocycles. The summed E-state index contributed by atoms with van der Waals surface area (Å²) < 4.78 is 5.35. The van der Waals surface area contributed by atoms with Crippen LogP contribution in [0, 0.1) is 12.8 Å². The summed E-state index contributed by atoms with van der Waals surface area (Å²) in [7, 11) is 0. The molecule has 0 atom stereocenters. The molecule has 0 aliphatic carbocycles. The zero-order valence-electron chi connectivity index (χ0n) is 10.7. The maximum atomic E-state index is 5.35. The van der Waals surface area contributed by atoms with Crippen LogP contribution in [0.2, 0.25) is 0 Å². The smallest absolute Gasteiger partial charge is 0.0522 e. The van der Waals surface area contributed by atoms with E-state index < -0.39 is 0 Å². The van der Waals surface area contributed by atoms with Crippen molar-refractivity contribution in [3.63, 3.8) is 0 Å². The predicted molar refractivity (Wildman–Crippen MR) is 68.1 cm³/mol. The Morgan fingerprint density at radius 2 is 2.29 bits per heavy atom. The quantitative estimate of drug-likeness (QED) is 0.740. The summed E-state index contributed by atoms with van der Waals surface area (Å²) in [6.07, 6.45) is 6.67. The van der Waals surface area contributed by atoms with Gasteiger partial charge in [-0.15, -0.1) is 0 Å². The number of aromatic amines is 1. The van der Waals surface area contributed by atoms with Gasteiger partial charge in [0.2, 0.25) is 0 Å². The summed E-state index contributed by atoms with van der Waals surface area (Å²) in [6, 6.07) is 0. The highest BCUT2D eigenvalue weighted by Crippen LogP contribution is 2.13. The zero-order valence-corrected chi connectivity index (χ0v) is 10.7. The van der Waals surface area contributed by atoms with Crippen molar-refractivity contribution in [2.45, 2.75) is 32.6 Å². The molecule has 1 aromatic rings. The maximum Gasteiger partial charge on any atom is 0.0522 e. The number of nitrogens with one attached hydrogen (secondary N) is 2. The van der Waals surface area contributed by atoms with Crippen LogP contribution in [-0.4, -0.2) is 36.5 Å². The fraction of sp³-hybridized carbons (Fsp3) is 0.769. The molecule has 2 rings (SSSR count). The van der Waals surface area contributed by atoms with Crippen LogP contribution >= 0.6 is 0 Å². The molecule has 2 heterocycles. The van der Waals surface area contributed by atoms with E-state index >= 15 is 0 Å². The first-order valence-corrected chi connectivity index (χ1v) is 6.63. The monoisotopic (exact) mass is 237 g/mol. The van der Waals surface area contributed by atoms with E-state index in [4.69, 9.17) is 4.74 Å². The van der Waals surface area contributed by atoms with Crippen molar-refractivity contribution in [1.82, 2.24) is 15.5 Å². The highest BCUT2D eigenvalue weighted by Gasteiger charge is 2.12. The Kier molecular flexibility index (Phi) is 5.01. The lowest BCUT2D eigenvalue weighted by molar-refractivity contribution is 0.0663. The molecule has 1 fully saturated rings. The molecule has 0 amide bonds. The average molecular weight is 237 g/mol. The molecular weight excluding hydrogens is 214 g/mol. The highest BCUT2D eigenvalue weighted by atomic mass is 16.5. The molecular formula is C13H23N3O. The van der Waals surface area contributed by atoms with Gasteiger partial charge in [-0.05, 0) is 57.2 Å². The standard InChI is InChI=1S/C13H23N3O/c1-11-13(10-15-16-11)3-2-6-14-9-12-4-7-17-8-5-12/h10,12,14H,2-9H2,1H3,(H,15,16). The molecule has 2 N–H and O–H groups in total. The molecule has 0 bridgehead atoms. The molecule has 4 heteroatoms. The second kappa shape index (κ2) is 6.77. The van der Waals surface area contributed by atoms with Crippen LogP contribution in [0.1, 0.15) is 30.5 Å². The Labute approximate surface area is 103 Å². The van der Waals surface area contributed by atoms with Gasteiger partial charge in [0.1, 0.15) is 0 Å². The van der Waals surface area contributed by atoms with E-state index in [1.165, 1.54) is 30.5 Å². The molecule has 96 valence electrons. The Hall–Kier alpha value is -0.870. The summed E-state index contributed by atoms with van der Waals surface area (Å²) in [4.78, 5) is 0. The third-order valence-electron chi connectivity index (χ3n) is 3.51. The fourth-order valence-corrected chi connectivity index (χ4v) is 2.29. The first-order chi connectivity index (χ1) is 8.36. The fourth-order valence-electron chi connectivity index (χ4n) is 2.29. The van der Waals surface area contributed by atoms with Crippen LogP contribution in [-0.2, 0) is 11.2 Å². The SMILES string of the molecule is Cc1[nH]ncc1CCCNCC1CCOCC1. The van der Waals surface area contributed by atoms with Crippen molar-refractivity contribution in [2.75, 3.05) is 26.3 Å². The molecule has 1 saturated heterocycles. The van der Waals surface area contributed by atoms with Crippen molar-refractivity contribution in [1.29, 1.82) is 0 Å². The number of hydrogen-bond acceptors (Lipinski definition) is 3. The van der Waals surface area contributed by atoms with Gasteiger partial charge in [0, 0.05) is 18.9 Å². The third kappa shape index (κ3) is 4.13. The van der Waals surface area contributed by atoms with Crippen LogP contribution < -0.4 is 5.32 Å². The Balaban J connectivity index is 1.53. The molecule has 0 radical (unpaired) electrons. The predicted octanol–water partition coefficient (Wildman–Crippen LogP) is 1.67. The largest absolute Gasteiger partial charge is 0.381 e. The van der Waals surface area contributed by atoms with Gasteiger partial charge in [0.25, 0.3) is 0 Å². The first-order valence-electron chi connectivity index (χ1n) is 6.63. The lowest BCUT2D eigenvalue weighted by atomic mass is 10.0. The van der Waals surface area contributed by atoms with Gasteiger partial charge in [0.15, 0.2) is 0 Å². The maximum absolute atomic E-state index is 5.35. The van der Waals surface area contributed by atoms with Crippen molar-refractivity contribution < 1.29 is 4.74 Å². The van der Waals surface area contributed by atoms with Crippen molar-refractivity contribution >= 4 is 0 Å². The van der Waals surface area contributed by atoms with Crippen molar-refractivity contribution in [3.8, 4) is 0 Å². The first kappa shape index (κ1) is 12.6. The molecule has 1 aromatic heterocycles. The van der Waals surface area contributed by atoms with E-state index in [0.717, 1.165) is 38.6 Å². The van der Waals surface area contributed by atoms with E-state index in [1.807, 2.05) is 6.20 Å². The molecule has 1 aliphatic heterocycles. The molecule has 0 spiro atoms. The number of hydrogen-bond donors (Lipinski definition) is 2.